The Labute approximate surface area is 120 Å². The molecule has 5 nitrogen and oxygen atoms in total. The molecule has 0 amide bonds. The van der Waals surface area contributed by atoms with Gasteiger partial charge in [-0.25, -0.2) is 4.98 Å². The summed E-state index contributed by atoms with van der Waals surface area (Å²) in [7, 11) is 0. The molecule has 0 saturated heterocycles. The zero-order valence-corrected chi connectivity index (χ0v) is 12.6. The van der Waals surface area contributed by atoms with E-state index in [1.54, 1.807) is 6.20 Å². The van der Waals surface area contributed by atoms with Crippen LogP contribution in [-0.4, -0.2) is 20.8 Å². The number of rotatable bonds is 6. The van der Waals surface area contributed by atoms with Crippen LogP contribution in [-0.2, 0) is 13.1 Å². The Balaban J connectivity index is 2.05. The minimum Gasteiger partial charge on any atom is -0.435 e. The molecule has 0 saturated carbocycles. The van der Waals surface area contributed by atoms with Crippen LogP contribution in [0.3, 0.4) is 0 Å². The van der Waals surface area contributed by atoms with Gasteiger partial charge in [0.05, 0.1) is 12.4 Å². The molecule has 0 unspecified atom stereocenters. The van der Waals surface area contributed by atoms with Gasteiger partial charge in [0.25, 0.3) is 0 Å². The molecule has 0 aliphatic rings. The molecular weight excluding hydrogens is 252 g/mol. The Morgan fingerprint density at radius 2 is 2.15 bits per heavy atom. The molecule has 0 aliphatic carbocycles. The molecule has 0 atom stereocenters. The molecule has 20 heavy (non-hydrogen) atoms. The van der Waals surface area contributed by atoms with Crippen molar-refractivity contribution >= 4 is 0 Å². The van der Waals surface area contributed by atoms with E-state index in [2.05, 4.69) is 35.3 Å². The minimum atomic E-state index is 0.464. The number of aryl methyl sites for hydroxylation is 2. The number of hydrogen-bond acceptors (Lipinski definition) is 4. The molecule has 2 aromatic heterocycles. The Bertz CT molecular complexity index is 563. The van der Waals surface area contributed by atoms with Gasteiger partial charge in [-0.1, -0.05) is 13.8 Å². The van der Waals surface area contributed by atoms with Crippen LogP contribution >= 0.6 is 0 Å². The first kappa shape index (κ1) is 14.5. The van der Waals surface area contributed by atoms with Crippen molar-refractivity contribution in [3.8, 4) is 11.6 Å². The number of pyridine rings is 1. The van der Waals surface area contributed by atoms with Gasteiger partial charge < -0.3 is 10.1 Å². The van der Waals surface area contributed by atoms with Crippen LogP contribution in [0.4, 0.5) is 0 Å². The van der Waals surface area contributed by atoms with Crippen molar-refractivity contribution in [2.75, 3.05) is 0 Å². The van der Waals surface area contributed by atoms with Crippen LogP contribution in [0, 0.1) is 6.92 Å². The van der Waals surface area contributed by atoms with Crippen molar-refractivity contribution in [3.63, 3.8) is 0 Å². The minimum absolute atomic E-state index is 0.464. The fraction of sp³-hybridized carbons (Fsp3) is 0.467. The lowest BCUT2D eigenvalue weighted by atomic mass is 10.2. The molecule has 2 rings (SSSR count). The van der Waals surface area contributed by atoms with Crippen molar-refractivity contribution < 1.29 is 4.74 Å². The molecule has 1 N–H and O–H groups in total. The van der Waals surface area contributed by atoms with Gasteiger partial charge in [-0.15, -0.1) is 0 Å². The number of nitrogens with zero attached hydrogens (tertiary/aromatic N) is 3. The number of hydrogen-bond donors (Lipinski definition) is 1. The van der Waals surface area contributed by atoms with E-state index in [4.69, 9.17) is 4.74 Å². The highest BCUT2D eigenvalue weighted by atomic mass is 16.5. The summed E-state index contributed by atoms with van der Waals surface area (Å²) in [5.74, 6) is 1.35. The molecule has 108 valence electrons. The summed E-state index contributed by atoms with van der Waals surface area (Å²) in [6.07, 6.45) is 5.43. The average Bonchev–Trinajstić information content (AvgIpc) is 2.87. The first-order valence-corrected chi connectivity index (χ1v) is 6.97. The molecule has 5 heteroatoms. The molecule has 0 bridgehead atoms. The lowest BCUT2D eigenvalue weighted by Gasteiger charge is -2.10. The standard InChI is InChI=1S/C15H22N4O/c1-5-19-10-14(9-18-19)20-15-12(4)6-13(8-17-15)7-16-11(2)3/h6,8-11,16H,5,7H2,1-4H3. The maximum atomic E-state index is 5.76. The molecular formula is C15H22N4O. The Hall–Kier alpha value is -1.88. The fourth-order valence-corrected chi connectivity index (χ4v) is 1.83. The third-order valence-corrected chi connectivity index (χ3v) is 2.95. The second-order valence-electron chi connectivity index (χ2n) is 5.14. The van der Waals surface area contributed by atoms with Crippen LogP contribution < -0.4 is 10.1 Å². The number of nitrogens with one attached hydrogen (secondary N) is 1. The summed E-state index contributed by atoms with van der Waals surface area (Å²) in [4.78, 5) is 4.39. The van der Waals surface area contributed by atoms with Crippen molar-refractivity contribution in [1.82, 2.24) is 20.1 Å². The van der Waals surface area contributed by atoms with Crippen molar-refractivity contribution in [3.05, 3.63) is 35.8 Å². The summed E-state index contributed by atoms with van der Waals surface area (Å²) in [5, 5.41) is 7.56. The monoisotopic (exact) mass is 274 g/mol. The van der Waals surface area contributed by atoms with E-state index in [-0.39, 0.29) is 0 Å². The van der Waals surface area contributed by atoms with Gasteiger partial charge in [-0.2, -0.15) is 5.10 Å². The van der Waals surface area contributed by atoms with Gasteiger partial charge in [0.1, 0.15) is 0 Å². The summed E-state index contributed by atoms with van der Waals surface area (Å²) in [6.45, 7) is 9.95. The van der Waals surface area contributed by atoms with Crippen molar-refractivity contribution in [1.29, 1.82) is 0 Å². The fourth-order valence-electron chi connectivity index (χ4n) is 1.83. The lowest BCUT2D eigenvalue weighted by molar-refractivity contribution is 0.457. The smallest absolute Gasteiger partial charge is 0.222 e. The van der Waals surface area contributed by atoms with Crippen LogP contribution in [0.15, 0.2) is 24.7 Å². The van der Waals surface area contributed by atoms with E-state index >= 15 is 0 Å². The van der Waals surface area contributed by atoms with Crippen molar-refractivity contribution in [2.45, 2.75) is 46.8 Å². The number of aromatic nitrogens is 3. The van der Waals surface area contributed by atoms with E-state index in [1.165, 1.54) is 0 Å². The lowest BCUT2D eigenvalue weighted by Crippen LogP contribution is -2.21. The van der Waals surface area contributed by atoms with Gasteiger partial charge in [-0.3, -0.25) is 4.68 Å². The summed E-state index contributed by atoms with van der Waals surface area (Å²) < 4.78 is 7.58. The van der Waals surface area contributed by atoms with Crippen LogP contribution in [0.25, 0.3) is 0 Å². The van der Waals surface area contributed by atoms with E-state index < -0.39 is 0 Å². The van der Waals surface area contributed by atoms with Crippen LogP contribution in [0.5, 0.6) is 11.6 Å². The van der Waals surface area contributed by atoms with Gasteiger partial charge >= 0.3 is 0 Å². The van der Waals surface area contributed by atoms with E-state index in [1.807, 2.05) is 30.9 Å². The quantitative estimate of drug-likeness (QED) is 0.880. The third kappa shape index (κ3) is 3.81. The van der Waals surface area contributed by atoms with Crippen LogP contribution in [0.1, 0.15) is 31.9 Å². The zero-order chi connectivity index (χ0) is 14.5. The predicted molar refractivity (Wildman–Crippen MR) is 78.9 cm³/mol. The molecule has 0 radical (unpaired) electrons. The predicted octanol–water partition coefficient (Wildman–Crippen LogP) is 2.90. The van der Waals surface area contributed by atoms with Crippen LogP contribution in [0.2, 0.25) is 0 Å². The Morgan fingerprint density at radius 3 is 2.75 bits per heavy atom. The average molecular weight is 274 g/mol. The largest absolute Gasteiger partial charge is 0.435 e. The number of ether oxygens (including phenoxy) is 1. The van der Waals surface area contributed by atoms with Gasteiger partial charge in [0.15, 0.2) is 5.75 Å². The maximum Gasteiger partial charge on any atom is 0.222 e. The molecule has 2 aromatic rings. The van der Waals surface area contributed by atoms with Gasteiger partial charge in [0, 0.05) is 30.9 Å². The highest BCUT2D eigenvalue weighted by molar-refractivity contribution is 5.32. The topological polar surface area (TPSA) is 52.0 Å². The zero-order valence-electron chi connectivity index (χ0n) is 12.6. The molecule has 0 aliphatic heterocycles. The molecule has 2 heterocycles. The van der Waals surface area contributed by atoms with E-state index in [0.717, 1.165) is 30.0 Å². The Morgan fingerprint density at radius 1 is 1.35 bits per heavy atom. The highest BCUT2D eigenvalue weighted by Gasteiger charge is 2.06. The first-order valence-electron chi connectivity index (χ1n) is 6.97. The SMILES string of the molecule is CCn1cc(Oc2ncc(CNC(C)C)cc2C)cn1. The summed E-state index contributed by atoms with van der Waals surface area (Å²) >= 11 is 0. The summed E-state index contributed by atoms with van der Waals surface area (Å²) in [6, 6.07) is 2.56. The van der Waals surface area contributed by atoms with Gasteiger partial charge in [-0.05, 0) is 25.5 Å². The molecule has 0 spiro atoms. The second kappa shape index (κ2) is 6.52. The molecule has 0 aromatic carbocycles. The second-order valence-corrected chi connectivity index (χ2v) is 5.14. The highest BCUT2D eigenvalue weighted by Crippen LogP contribution is 2.22. The van der Waals surface area contributed by atoms with Crippen molar-refractivity contribution in [2.24, 2.45) is 0 Å². The van der Waals surface area contributed by atoms with Gasteiger partial charge in [0.2, 0.25) is 5.88 Å². The summed E-state index contributed by atoms with van der Waals surface area (Å²) in [5.41, 5.74) is 2.19. The molecule has 0 fully saturated rings. The Kier molecular flexibility index (Phi) is 4.74. The first-order chi connectivity index (χ1) is 9.58. The normalized spacial score (nSPS) is 11.1. The third-order valence-electron chi connectivity index (χ3n) is 2.95. The van der Waals surface area contributed by atoms with E-state index in [9.17, 15) is 0 Å². The van der Waals surface area contributed by atoms with E-state index in [0.29, 0.717) is 11.9 Å². The maximum absolute atomic E-state index is 5.76.